The molecule has 0 heterocycles. The van der Waals surface area contributed by atoms with Gasteiger partial charge in [-0.1, -0.05) is 17.1 Å². The Morgan fingerprint density at radius 3 is 2.94 bits per heavy atom. The summed E-state index contributed by atoms with van der Waals surface area (Å²) in [4.78, 5) is 0. The second-order valence-corrected chi connectivity index (χ2v) is 4.85. The van der Waals surface area contributed by atoms with Crippen LogP contribution >= 0.6 is 0 Å². The number of nitrogens with zero attached hydrogens (tertiary/aromatic N) is 1. The number of oxime groups is 1. The van der Waals surface area contributed by atoms with Crippen molar-refractivity contribution in [3.05, 3.63) is 29.8 Å². The second-order valence-electron chi connectivity index (χ2n) is 4.85. The highest BCUT2D eigenvalue weighted by Gasteiger charge is 2.43. The highest BCUT2D eigenvalue weighted by atomic mass is 16.4. The Bertz CT molecular complexity index is 498. The lowest BCUT2D eigenvalue weighted by molar-refractivity contribution is 0.315. The third-order valence-electron chi connectivity index (χ3n) is 3.34. The Morgan fingerprint density at radius 2 is 2.33 bits per heavy atom. The Morgan fingerprint density at radius 1 is 1.56 bits per heavy atom. The molecule has 1 saturated carbocycles. The molecule has 4 nitrogen and oxygen atoms in total. The molecule has 1 aliphatic carbocycles. The molecule has 4 N–H and O–H groups in total. The zero-order valence-electron chi connectivity index (χ0n) is 10.2. The van der Waals surface area contributed by atoms with E-state index in [4.69, 9.17) is 17.4 Å². The van der Waals surface area contributed by atoms with E-state index in [1.807, 2.05) is 24.3 Å². The first-order valence-electron chi connectivity index (χ1n) is 5.94. The molecule has 4 heteroatoms. The number of amidine groups is 1. The monoisotopic (exact) mass is 243 g/mol. The smallest absolute Gasteiger partial charge is 0.139 e. The van der Waals surface area contributed by atoms with E-state index in [1.54, 1.807) is 0 Å². The van der Waals surface area contributed by atoms with Crippen molar-refractivity contribution in [3.8, 4) is 12.3 Å². The van der Waals surface area contributed by atoms with Crippen molar-refractivity contribution in [2.75, 3.05) is 11.9 Å². The van der Waals surface area contributed by atoms with Crippen LogP contribution in [0.4, 0.5) is 5.69 Å². The second kappa shape index (κ2) is 5.01. The van der Waals surface area contributed by atoms with Gasteiger partial charge in [0.2, 0.25) is 0 Å². The molecule has 0 spiro atoms. The van der Waals surface area contributed by atoms with Gasteiger partial charge in [-0.05, 0) is 36.5 Å². The van der Waals surface area contributed by atoms with E-state index < -0.39 is 0 Å². The number of nitrogens with one attached hydrogen (secondary N) is 1. The topological polar surface area (TPSA) is 70.6 Å². The van der Waals surface area contributed by atoms with Crippen LogP contribution in [0.5, 0.6) is 0 Å². The van der Waals surface area contributed by atoms with Crippen molar-refractivity contribution >= 4 is 11.5 Å². The van der Waals surface area contributed by atoms with E-state index in [-0.39, 0.29) is 5.41 Å². The summed E-state index contributed by atoms with van der Waals surface area (Å²) < 4.78 is 0. The van der Waals surface area contributed by atoms with E-state index in [1.165, 1.54) is 0 Å². The van der Waals surface area contributed by atoms with Crippen molar-refractivity contribution in [2.24, 2.45) is 16.3 Å². The minimum atomic E-state index is 0.141. The summed E-state index contributed by atoms with van der Waals surface area (Å²) in [6, 6.07) is 7.76. The summed E-state index contributed by atoms with van der Waals surface area (Å²) >= 11 is 0. The van der Waals surface area contributed by atoms with Gasteiger partial charge in [0.15, 0.2) is 0 Å². The van der Waals surface area contributed by atoms with Gasteiger partial charge in [-0.2, -0.15) is 0 Å². The quantitative estimate of drug-likeness (QED) is 0.243. The number of benzene rings is 1. The zero-order valence-corrected chi connectivity index (χ0v) is 10.2. The zero-order chi connectivity index (χ0) is 13.0. The molecule has 1 fully saturated rings. The molecule has 18 heavy (non-hydrogen) atoms. The van der Waals surface area contributed by atoms with Crippen LogP contribution in [0.3, 0.4) is 0 Å². The summed E-state index contributed by atoms with van der Waals surface area (Å²) in [6.07, 6.45) is 8.19. The van der Waals surface area contributed by atoms with E-state index in [0.29, 0.717) is 12.3 Å². The van der Waals surface area contributed by atoms with Crippen LogP contribution in [0.1, 0.15) is 24.8 Å². The number of terminal acetylenes is 1. The van der Waals surface area contributed by atoms with Crippen molar-refractivity contribution in [1.82, 2.24) is 0 Å². The molecule has 0 aromatic heterocycles. The van der Waals surface area contributed by atoms with Gasteiger partial charge in [-0.15, -0.1) is 6.42 Å². The molecule has 2 rings (SSSR count). The highest BCUT2D eigenvalue weighted by Crippen LogP contribution is 2.48. The number of anilines is 1. The Hall–Kier alpha value is -2.15. The number of nitrogens with two attached hydrogens (primary N) is 1. The number of rotatable bonds is 5. The first-order valence-corrected chi connectivity index (χ1v) is 5.94. The Labute approximate surface area is 107 Å². The summed E-state index contributed by atoms with van der Waals surface area (Å²) in [5.74, 6) is 2.91. The average molecular weight is 243 g/mol. The standard InChI is InChI=1S/C14H17N3O/c1-2-11-4-3-5-12(8-11)16-10-14(6-7-14)9-13(15)17-18/h1,3-5,8,16,18H,6-7,9-10H2,(H2,15,17). The molecule has 1 aromatic rings. The van der Waals surface area contributed by atoms with Crippen LogP contribution < -0.4 is 11.1 Å². The molecule has 0 aliphatic heterocycles. The lowest BCUT2D eigenvalue weighted by Gasteiger charge is -2.16. The number of hydrogen-bond acceptors (Lipinski definition) is 3. The van der Waals surface area contributed by atoms with Crippen LogP contribution in [0.15, 0.2) is 29.4 Å². The van der Waals surface area contributed by atoms with Gasteiger partial charge in [0.1, 0.15) is 5.84 Å². The highest BCUT2D eigenvalue weighted by molar-refractivity contribution is 5.80. The summed E-state index contributed by atoms with van der Waals surface area (Å²) in [5.41, 5.74) is 7.57. The first kappa shape index (κ1) is 12.3. The van der Waals surface area contributed by atoms with E-state index in [0.717, 1.165) is 30.6 Å². The lowest BCUT2D eigenvalue weighted by atomic mass is 10.0. The molecule has 0 unspecified atom stereocenters. The molecular weight excluding hydrogens is 226 g/mol. The molecule has 0 saturated heterocycles. The van der Waals surface area contributed by atoms with Crippen LogP contribution in [0, 0.1) is 17.8 Å². The van der Waals surface area contributed by atoms with Gasteiger partial charge in [0.05, 0.1) is 0 Å². The van der Waals surface area contributed by atoms with Crippen molar-refractivity contribution in [1.29, 1.82) is 0 Å². The summed E-state index contributed by atoms with van der Waals surface area (Å²) in [6.45, 7) is 0.817. The van der Waals surface area contributed by atoms with Crippen molar-refractivity contribution < 1.29 is 5.21 Å². The van der Waals surface area contributed by atoms with Crippen LogP contribution in [0.2, 0.25) is 0 Å². The molecule has 0 bridgehead atoms. The molecule has 94 valence electrons. The van der Waals surface area contributed by atoms with E-state index in [2.05, 4.69) is 16.4 Å². The maximum absolute atomic E-state index is 8.60. The number of hydrogen-bond donors (Lipinski definition) is 3. The van der Waals surface area contributed by atoms with Gasteiger partial charge in [-0.25, -0.2) is 0 Å². The average Bonchev–Trinajstić information content (AvgIpc) is 3.17. The fourth-order valence-electron chi connectivity index (χ4n) is 2.02. The fraction of sp³-hybridized carbons (Fsp3) is 0.357. The van der Waals surface area contributed by atoms with Gasteiger partial charge < -0.3 is 16.3 Å². The molecular formula is C14H17N3O. The van der Waals surface area contributed by atoms with Crippen LogP contribution in [0.25, 0.3) is 0 Å². The lowest BCUT2D eigenvalue weighted by Crippen LogP contribution is -2.23. The summed E-state index contributed by atoms with van der Waals surface area (Å²) in [5, 5.41) is 15.0. The van der Waals surface area contributed by atoms with E-state index >= 15 is 0 Å². The third-order valence-corrected chi connectivity index (χ3v) is 3.34. The van der Waals surface area contributed by atoms with Crippen LogP contribution in [-0.4, -0.2) is 17.6 Å². The molecule has 0 atom stereocenters. The molecule has 1 aromatic carbocycles. The SMILES string of the molecule is C#Cc1cccc(NCC2(CC(N)=NO)CC2)c1. The fourth-order valence-corrected chi connectivity index (χ4v) is 2.02. The van der Waals surface area contributed by atoms with Crippen molar-refractivity contribution in [3.63, 3.8) is 0 Å². The van der Waals surface area contributed by atoms with Gasteiger partial charge in [0.25, 0.3) is 0 Å². The Kier molecular flexibility index (Phi) is 3.42. The van der Waals surface area contributed by atoms with Gasteiger partial charge >= 0.3 is 0 Å². The van der Waals surface area contributed by atoms with E-state index in [9.17, 15) is 0 Å². The third kappa shape index (κ3) is 2.95. The maximum atomic E-state index is 8.60. The van der Waals surface area contributed by atoms with Gasteiger partial charge in [0, 0.05) is 24.2 Å². The molecule has 0 amide bonds. The van der Waals surface area contributed by atoms with Gasteiger partial charge in [-0.3, -0.25) is 0 Å². The maximum Gasteiger partial charge on any atom is 0.139 e. The predicted octanol–water partition coefficient (Wildman–Crippen LogP) is 2.00. The first-order chi connectivity index (χ1) is 8.67. The minimum Gasteiger partial charge on any atom is -0.409 e. The molecule has 1 aliphatic rings. The van der Waals surface area contributed by atoms with Crippen LogP contribution in [-0.2, 0) is 0 Å². The largest absolute Gasteiger partial charge is 0.409 e. The van der Waals surface area contributed by atoms with Crippen molar-refractivity contribution in [2.45, 2.75) is 19.3 Å². The normalized spacial score (nSPS) is 16.9. The molecule has 0 radical (unpaired) electrons. The minimum absolute atomic E-state index is 0.141. The predicted molar refractivity (Wildman–Crippen MR) is 72.6 cm³/mol. The summed E-state index contributed by atoms with van der Waals surface area (Å²) in [7, 11) is 0. The Balaban J connectivity index is 1.93.